The Morgan fingerprint density at radius 2 is 2.17 bits per heavy atom. The highest BCUT2D eigenvalue weighted by molar-refractivity contribution is 4.92. The van der Waals surface area contributed by atoms with Crippen molar-refractivity contribution in [3.8, 4) is 0 Å². The van der Waals surface area contributed by atoms with E-state index in [4.69, 9.17) is 4.74 Å². The van der Waals surface area contributed by atoms with Crippen LogP contribution in [0.3, 0.4) is 0 Å². The normalized spacial score (nSPS) is 42.5. The number of rotatable bonds is 1. The van der Waals surface area contributed by atoms with Crippen LogP contribution in [0.1, 0.15) is 20.3 Å². The fraction of sp³-hybridized carbons (Fsp3) is 1.00. The van der Waals surface area contributed by atoms with Crippen LogP contribution in [0.4, 0.5) is 0 Å². The molecule has 0 saturated carbocycles. The summed E-state index contributed by atoms with van der Waals surface area (Å²) in [5.74, 6) is 1.59. The molecule has 0 N–H and O–H groups in total. The van der Waals surface area contributed by atoms with Crippen molar-refractivity contribution in [1.82, 2.24) is 4.90 Å². The lowest BCUT2D eigenvalue weighted by Gasteiger charge is -2.49. The zero-order chi connectivity index (χ0) is 8.72. The molecule has 3 fully saturated rings. The second kappa shape index (κ2) is 3.00. The monoisotopic (exact) mass is 169 g/mol. The van der Waals surface area contributed by atoms with Crippen molar-refractivity contribution in [2.75, 3.05) is 20.2 Å². The van der Waals surface area contributed by atoms with Crippen LogP contribution in [-0.2, 0) is 4.74 Å². The molecule has 0 radical (unpaired) electrons. The minimum absolute atomic E-state index is 0.514. The summed E-state index contributed by atoms with van der Waals surface area (Å²) in [6, 6.07) is 0.697. The average Bonchev–Trinajstić information content (AvgIpc) is 2.04. The number of nitrogens with zero attached hydrogens (tertiary/aromatic N) is 1. The molecule has 3 aliphatic heterocycles. The minimum Gasteiger partial charge on any atom is -0.375 e. The third kappa shape index (κ3) is 1.27. The molecule has 3 unspecified atom stereocenters. The summed E-state index contributed by atoms with van der Waals surface area (Å²) in [4.78, 5) is 2.45. The summed E-state index contributed by atoms with van der Waals surface area (Å²) in [5, 5.41) is 0. The Bertz CT molecular complexity index is 169. The van der Waals surface area contributed by atoms with Gasteiger partial charge in [-0.25, -0.2) is 0 Å². The van der Waals surface area contributed by atoms with Gasteiger partial charge in [0.15, 0.2) is 0 Å². The zero-order valence-corrected chi connectivity index (χ0v) is 8.29. The standard InChI is InChI=1S/C10H19NO/c1-7(2)9-4-8-6-12-10(9)5-11(8)3/h7-10H,4-6H2,1-3H3. The SMILES string of the molecule is CC(C)C1CC2COC1CN2C. The van der Waals surface area contributed by atoms with E-state index >= 15 is 0 Å². The van der Waals surface area contributed by atoms with Crippen LogP contribution < -0.4 is 0 Å². The number of piperidine rings is 1. The maximum atomic E-state index is 5.78. The first-order valence-electron chi connectivity index (χ1n) is 5.00. The van der Waals surface area contributed by atoms with Gasteiger partial charge < -0.3 is 4.74 Å². The minimum atomic E-state index is 0.514. The Balaban J connectivity index is 2.05. The van der Waals surface area contributed by atoms with Crippen molar-refractivity contribution in [1.29, 1.82) is 0 Å². The van der Waals surface area contributed by atoms with Gasteiger partial charge in [-0.05, 0) is 25.3 Å². The van der Waals surface area contributed by atoms with E-state index in [1.54, 1.807) is 0 Å². The summed E-state index contributed by atoms with van der Waals surface area (Å²) < 4.78 is 5.78. The van der Waals surface area contributed by atoms with Crippen LogP contribution in [0.25, 0.3) is 0 Å². The van der Waals surface area contributed by atoms with Crippen LogP contribution in [0.2, 0.25) is 0 Å². The molecule has 0 aliphatic carbocycles. The molecule has 0 amide bonds. The quantitative estimate of drug-likeness (QED) is 0.587. The van der Waals surface area contributed by atoms with Crippen LogP contribution in [0.5, 0.6) is 0 Å². The molecule has 70 valence electrons. The fourth-order valence-corrected chi connectivity index (χ4v) is 2.52. The lowest BCUT2D eigenvalue weighted by Crippen LogP contribution is -2.57. The van der Waals surface area contributed by atoms with Gasteiger partial charge in [0.05, 0.1) is 12.7 Å². The van der Waals surface area contributed by atoms with Gasteiger partial charge in [-0.2, -0.15) is 0 Å². The Morgan fingerprint density at radius 3 is 2.58 bits per heavy atom. The van der Waals surface area contributed by atoms with Crippen LogP contribution in [-0.4, -0.2) is 37.2 Å². The van der Waals surface area contributed by atoms with Crippen molar-refractivity contribution in [2.45, 2.75) is 32.4 Å². The summed E-state index contributed by atoms with van der Waals surface area (Å²) in [6.45, 7) is 6.74. The smallest absolute Gasteiger partial charge is 0.0733 e. The molecule has 3 heterocycles. The summed E-state index contributed by atoms with van der Waals surface area (Å²) in [6.07, 6.45) is 1.86. The van der Waals surface area contributed by atoms with E-state index < -0.39 is 0 Å². The van der Waals surface area contributed by atoms with Gasteiger partial charge in [-0.3, -0.25) is 4.90 Å². The fourth-order valence-electron chi connectivity index (χ4n) is 2.52. The molecule has 3 saturated heterocycles. The molecule has 2 nitrogen and oxygen atoms in total. The zero-order valence-electron chi connectivity index (χ0n) is 8.29. The lowest BCUT2D eigenvalue weighted by molar-refractivity contribution is -0.140. The van der Waals surface area contributed by atoms with E-state index in [0.717, 1.165) is 25.0 Å². The van der Waals surface area contributed by atoms with E-state index in [0.29, 0.717) is 12.1 Å². The maximum Gasteiger partial charge on any atom is 0.0733 e. The van der Waals surface area contributed by atoms with Gasteiger partial charge in [0.25, 0.3) is 0 Å². The predicted molar refractivity (Wildman–Crippen MR) is 49.1 cm³/mol. The molecule has 3 atom stereocenters. The molecule has 3 aliphatic rings. The third-order valence-electron chi connectivity index (χ3n) is 3.47. The summed E-state index contributed by atoms with van der Waals surface area (Å²) in [7, 11) is 2.22. The lowest BCUT2D eigenvalue weighted by atomic mass is 9.79. The number of morpholine rings is 1. The van der Waals surface area contributed by atoms with Gasteiger partial charge in [0.2, 0.25) is 0 Å². The highest BCUT2D eigenvalue weighted by Gasteiger charge is 2.40. The van der Waals surface area contributed by atoms with Gasteiger partial charge in [-0.1, -0.05) is 13.8 Å². The Kier molecular flexibility index (Phi) is 2.13. The Morgan fingerprint density at radius 1 is 1.42 bits per heavy atom. The predicted octanol–water partition coefficient (Wildman–Crippen LogP) is 1.36. The van der Waals surface area contributed by atoms with E-state index in [1.165, 1.54) is 6.42 Å². The molecule has 2 heteroatoms. The van der Waals surface area contributed by atoms with Crippen LogP contribution in [0, 0.1) is 11.8 Å². The number of likely N-dealkylation sites (N-methyl/N-ethyl adjacent to an activating group) is 1. The molecule has 3 rings (SSSR count). The molecule has 12 heavy (non-hydrogen) atoms. The average molecular weight is 169 g/mol. The second-order valence-corrected chi connectivity index (χ2v) is 4.61. The summed E-state index contributed by atoms with van der Waals surface area (Å²) in [5.41, 5.74) is 0. The van der Waals surface area contributed by atoms with Crippen molar-refractivity contribution in [2.24, 2.45) is 11.8 Å². The molecule has 0 aromatic rings. The Hall–Kier alpha value is -0.0800. The maximum absolute atomic E-state index is 5.78. The second-order valence-electron chi connectivity index (χ2n) is 4.61. The molecule has 2 bridgehead atoms. The van der Waals surface area contributed by atoms with Crippen LogP contribution >= 0.6 is 0 Å². The first-order valence-corrected chi connectivity index (χ1v) is 5.00. The highest BCUT2D eigenvalue weighted by atomic mass is 16.5. The van der Waals surface area contributed by atoms with Crippen molar-refractivity contribution in [3.05, 3.63) is 0 Å². The molecule has 0 spiro atoms. The van der Waals surface area contributed by atoms with E-state index in [9.17, 15) is 0 Å². The highest BCUT2D eigenvalue weighted by Crippen LogP contribution is 2.34. The van der Waals surface area contributed by atoms with Crippen molar-refractivity contribution < 1.29 is 4.74 Å². The van der Waals surface area contributed by atoms with E-state index in [1.807, 2.05) is 0 Å². The molecule has 0 aromatic heterocycles. The molecular formula is C10H19NO. The van der Waals surface area contributed by atoms with E-state index in [2.05, 4.69) is 25.8 Å². The van der Waals surface area contributed by atoms with Gasteiger partial charge in [-0.15, -0.1) is 0 Å². The Labute approximate surface area is 74.9 Å². The number of hydrogen-bond donors (Lipinski definition) is 0. The first-order chi connectivity index (χ1) is 5.68. The van der Waals surface area contributed by atoms with Crippen molar-refractivity contribution >= 4 is 0 Å². The molecule has 0 aromatic carbocycles. The third-order valence-corrected chi connectivity index (χ3v) is 3.47. The van der Waals surface area contributed by atoms with Gasteiger partial charge in [0.1, 0.15) is 0 Å². The van der Waals surface area contributed by atoms with Crippen molar-refractivity contribution in [3.63, 3.8) is 0 Å². The van der Waals surface area contributed by atoms with E-state index in [-0.39, 0.29) is 0 Å². The summed E-state index contributed by atoms with van der Waals surface area (Å²) >= 11 is 0. The largest absolute Gasteiger partial charge is 0.375 e. The van der Waals surface area contributed by atoms with Gasteiger partial charge in [0, 0.05) is 12.6 Å². The number of fused-ring (bicyclic) bond motifs is 3. The topological polar surface area (TPSA) is 12.5 Å². The molecular weight excluding hydrogens is 150 g/mol. The number of ether oxygens (including phenoxy) is 1. The number of hydrogen-bond acceptors (Lipinski definition) is 2. The first kappa shape index (κ1) is 8.52. The van der Waals surface area contributed by atoms with Crippen LogP contribution in [0.15, 0.2) is 0 Å². The van der Waals surface area contributed by atoms with Gasteiger partial charge >= 0.3 is 0 Å².